The number of anilines is 1. The molecular weight excluding hydrogens is 492 g/mol. The van der Waals surface area contributed by atoms with Gasteiger partial charge in [0, 0.05) is 59.5 Å². The first kappa shape index (κ1) is 26.5. The largest absolute Gasteiger partial charge is 0.495 e. The molecule has 8 heteroatoms. The summed E-state index contributed by atoms with van der Waals surface area (Å²) in [5.41, 5.74) is 4.98. The fourth-order valence-electron chi connectivity index (χ4n) is 5.04. The highest BCUT2D eigenvalue weighted by Gasteiger charge is 2.19. The predicted octanol–water partition coefficient (Wildman–Crippen LogP) is 3.61. The minimum atomic E-state index is 0.0547. The van der Waals surface area contributed by atoms with Crippen molar-refractivity contribution in [1.82, 2.24) is 4.98 Å². The zero-order valence-electron chi connectivity index (χ0n) is 22.5. The number of aromatic amines is 1. The van der Waals surface area contributed by atoms with Crippen LogP contribution in [-0.2, 0) is 9.47 Å². The van der Waals surface area contributed by atoms with Crippen LogP contribution in [-0.4, -0.2) is 63.9 Å². The van der Waals surface area contributed by atoms with Crippen LogP contribution in [0.25, 0.3) is 23.5 Å². The second-order valence-electron chi connectivity index (χ2n) is 9.55. The molecule has 3 aromatic rings. The second-order valence-corrected chi connectivity index (χ2v) is 9.55. The van der Waals surface area contributed by atoms with Crippen LogP contribution in [0.15, 0.2) is 47.5 Å². The molecule has 0 spiro atoms. The van der Waals surface area contributed by atoms with E-state index in [2.05, 4.69) is 39.7 Å². The number of benzene rings is 2. The first-order chi connectivity index (χ1) is 19.1. The smallest absolute Gasteiger partial charge is 0.142 e. The number of nitriles is 1. The van der Waals surface area contributed by atoms with Gasteiger partial charge in [-0.05, 0) is 43.3 Å². The lowest BCUT2D eigenvalue weighted by Gasteiger charge is -2.30. The van der Waals surface area contributed by atoms with Gasteiger partial charge in [0.05, 0.1) is 50.5 Å². The highest BCUT2D eigenvalue weighted by molar-refractivity contribution is 5.76. The topological polar surface area (TPSA) is 92.1 Å². The van der Waals surface area contributed by atoms with Crippen LogP contribution in [0, 0.1) is 11.3 Å². The molecule has 2 fully saturated rings. The van der Waals surface area contributed by atoms with Gasteiger partial charge in [-0.15, -0.1) is 0 Å². The van der Waals surface area contributed by atoms with Crippen LogP contribution in [0.1, 0.15) is 30.9 Å². The van der Waals surface area contributed by atoms with Crippen molar-refractivity contribution in [1.29, 1.82) is 5.26 Å². The number of methoxy groups -OCH3 is 1. The minimum absolute atomic E-state index is 0.0547. The Hall–Kier alpha value is -4.06. The minimum Gasteiger partial charge on any atom is -0.495 e. The molecule has 0 bridgehead atoms. The molecule has 0 amide bonds. The van der Waals surface area contributed by atoms with E-state index in [9.17, 15) is 5.26 Å². The Morgan fingerprint density at radius 1 is 1.08 bits per heavy atom. The van der Waals surface area contributed by atoms with E-state index in [0.29, 0.717) is 37.7 Å². The Labute approximate surface area is 228 Å². The maximum atomic E-state index is 9.88. The molecule has 0 radical (unpaired) electrons. The summed E-state index contributed by atoms with van der Waals surface area (Å²) in [5, 5.41) is 11.5. The Balaban J connectivity index is 1.51. The van der Waals surface area contributed by atoms with Gasteiger partial charge in [0.25, 0.3) is 0 Å². The van der Waals surface area contributed by atoms with Crippen molar-refractivity contribution in [2.45, 2.75) is 25.9 Å². The zero-order chi connectivity index (χ0) is 27.2. The molecule has 39 heavy (non-hydrogen) atoms. The van der Waals surface area contributed by atoms with Crippen LogP contribution in [0.3, 0.4) is 0 Å². The molecule has 2 aromatic carbocycles. The van der Waals surface area contributed by atoms with Crippen molar-refractivity contribution in [3.8, 4) is 28.8 Å². The van der Waals surface area contributed by atoms with Gasteiger partial charge in [-0.1, -0.05) is 12.6 Å². The van der Waals surface area contributed by atoms with Gasteiger partial charge < -0.3 is 28.8 Å². The average molecular weight is 527 g/mol. The number of aromatic nitrogens is 1. The van der Waals surface area contributed by atoms with Crippen molar-refractivity contribution >= 4 is 24.2 Å². The van der Waals surface area contributed by atoms with Gasteiger partial charge >= 0.3 is 0 Å². The lowest BCUT2D eigenvalue weighted by atomic mass is 10.1. The van der Waals surface area contributed by atoms with Gasteiger partial charge in [0.2, 0.25) is 0 Å². The lowest BCUT2D eigenvalue weighted by Crippen LogP contribution is -2.36. The summed E-state index contributed by atoms with van der Waals surface area (Å²) in [6, 6.07) is 16.2. The van der Waals surface area contributed by atoms with Gasteiger partial charge in [-0.3, -0.25) is 4.99 Å². The number of ether oxygens (including phenoxy) is 4. The Morgan fingerprint density at radius 2 is 1.85 bits per heavy atom. The summed E-state index contributed by atoms with van der Waals surface area (Å²) in [6.07, 6.45) is 3.44. The SMILES string of the molecule is C=c1[nH]c(-c2ccc(N3CCOCC3)c(OC)c2)c/c1=C(/N=CC)c1ccc(OC2CCOCC2)c(C#N)c1. The Morgan fingerprint density at radius 3 is 2.56 bits per heavy atom. The Bertz CT molecular complexity index is 1490. The molecule has 1 N–H and O–H groups in total. The third-order valence-electron chi connectivity index (χ3n) is 7.09. The molecule has 202 valence electrons. The number of nitrogens with one attached hydrogen (secondary N) is 1. The fraction of sp³-hybridized carbons (Fsp3) is 0.355. The zero-order valence-corrected chi connectivity index (χ0v) is 22.5. The average Bonchev–Trinajstić information content (AvgIpc) is 3.37. The van der Waals surface area contributed by atoms with Crippen molar-refractivity contribution < 1.29 is 18.9 Å². The van der Waals surface area contributed by atoms with E-state index in [1.54, 1.807) is 13.3 Å². The summed E-state index contributed by atoms with van der Waals surface area (Å²) in [4.78, 5) is 10.4. The number of nitrogens with zero attached hydrogens (tertiary/aromatic N) is 3. The molecule has 5 rings (SSSR count). The van der Waals surface area contributed by atoms with Crippen LogP contribution in [0.5, 0.6) is 11.5 Å². The van der Waals surface area contributed by atoms with Gasteiger partial charge in [0.1, 0.15) is 23.7 Å². The van der Waals surface area contributed by atoms with E-state index in [1.807, 2.05) is 37.3 Å². The standard InChI is InChI=1S/C31H34N4O4/c1-4-33-31(23-6-8-29(24(17-23)20-32)39-25-9-13-37-14-10-25)26-19-27(34-21(26)2)22-5-7-28(30(18-22)36-3)35-11-15-38-16-12-35/h4-8,17-19,25,34H,2,9-16H2,1,3H3/b31-26-,33-4?. The lowest BCUT2D eigenvalue weighted by molar-refractivity contribution is 0.0254. The quantitative estimate of drug-likeness (QED) is 0.473. The highest BCUT2D eigenvalue weighted by Crippen LogP contribution is 2.33. The third-order valence-corrected chi connectivity index (χ3v) is 7.09. The van der Waals surface area contributed by atoms with Crippen LogP contribution < -0.4 is 24.9 Å². The number of hydrogen-bond acceptors (Lipinski definition) is 7. The predicted molar refractivity (Wildman–Crippen MR) is 153 cm³/mol. The molecule has 2 saturated heterocycles. The maximum absolute atomic E-state index is 9.88. The summed E-state index contributed by atoms with van der Waals surface area (Å²) in [5.74, 6) is 1.40. The molecule has 0 saturated carbocycles. The molecule has 8 nitrogen and oxygen atoms in total. The maximum Gasteiger partial charge on any atom is 0.142 e. The molecule has 3 heterocycles. The molecule has 0 unspecified atom stereocenters. The monoisotopic (exact) mass is 526 g/mol. The van der Waals surface area contributed by atoms with Gasteiger partial charge in [-0.2, -0.15) is 5.26 Å². The van der Waals surface area contributed by atoms with Crippen molar-refractivity contribution in [3.63, 3.8) is 0 Å². The van der Waals surface area contributed by atoms with E-state index in [0.717, 1.165) is 70.5 Å². The van der Waals surface area contributed by atoms with Gasteiger partial charge in [-0.25, -0.2) is 0 Å². The molecular formula is C31H34N4O4. The summed E-state index contributed by atoms with van der Waals surface area (Å²) < 4.78 is 22.8. The second kappa shape index (κ2) is 12.2. The number of hydrogen-bond donors (Lipinski definition) is 1. The van der Waals surface area contributed by atoms with Crippen molar-refractivity contribution in [2.24, 2.45) is 4.99 Å². The van der Waals surface area contributed by atoms with E-state index in [1.165, 1.54) is 0 Å². The highest BCUT2D eigenvalue weighted by atomic mass is 16.5. The van der Waals surface area contributed by atoms with E-state index < -0.39 is 0 Å². The fourth-order valence-corrected chi connectivity index (χ4v) is 5.04. The van der Waals surface area contributed by atoms with Crippen LogP contribution in [0.4, 0.5) is 5.69 Å². The summed E-state index contributed by atoms with van der Waals surface area (Å²) >= 11 is 0. The molecule has 1 aromatic heterocycles. The number of rotatable bonds is 7. The summed E-state index contributed by atoms with van der Waals surface area (Å²) in [6.45, 7) is 10.6. The van der Waals surface area contributed by atoms with Gasteiger partial charge in [0.15, 0.2) is 0 Å². The van der Waals surface area contributed by atoms with E-state index >= 15 is 0 Å². The van der Waals surface area contributed by atoms with E-state index in [4.69, 9.17) is 18.9 Å². The first-order valence-electron chi connectivity index (χ1n) is 13.3. The number of aliphatic imine (C=N–C) groups is 1. The van der Waals surface area contributed by atoms with Crippen LogP contribution >= 0.6 is 0 Å². The van der Waals surface area contributed by atoms with Crippen molar-refractivity contribution in [2.75, 3.05) is 51.5 Å². The molecule has 2 aliphatic rings. The van der Waals surface area contributed by atoms with Crippen LogP contribution in [0.2, 0.25) is 0 Å². The molecule has 2 aliphatic heterocycles. The van der Waals surface area contributed by atoms with E-state index in [-0.39, 0.29) is 6.10 Å². The molecule has 0 atom stereocenters. The molecule has 0 aliphatic carbocycles. The number of H-pyrrole nitrogens is 1. The summed E-state index contributed by atoms with van der Waals surface area (Å²) in [7, 11) is 1.69. The van der Waals surface area contributed by atoms with Crippen molar-refractivity contribution in [3.05, 3.63) is 64.2 Å². The third kappa shape index (κ3) is 5.85. The number of morpholine rings is 1. The first-order valence-corrected chi connectivity index (χ1v) is 13.3. The normalized spacial score (nSPS) is 17.2. The Kier molecular flexibility index (Phi) is 8.30.